The van der Waals surface area contributed by atoms with Crippen LogP contribution in [0.25, 0.3) is 0 Å². The van der Waals surface area contributed by atoms with Gasteiger partial charge in [-0.25, -0.2) is 9.59 Å². The third-order valence-corrected chi connectivity index (χ3v) is 4.21. The molecule has 5 nitrogen and oxygen atoms in total. The highest BCUT2D eigenvalue weighted by Crippen LogP contribution is 2.32. The maximum absolute atomic E-state index is 11.9. The van der Waals surface area contributed by atoms with Crippen LogP contribution in [0.2, 0.25) is 0 Å². The van der Waals surface area contributed by atoms with E-state index < -0.39 is 11.5 Å². The summed E-state index contributed by atoms with van der Waals surface area (Å²) in [7, 11) is 0. The number of carboxylic acids is 1. The Bertz CT molecular complexity index is 319. The quantitative estimate of drug-likeness (QED) is 0.718. The van der Waals surface area contributed by atoms with E-state index in [1.807, 2.05) is 13.8 Å². The third-order valence-electron chi connectivity index (χ3n) is 4.21. The lowest BCUT2D eigenvalue weighted by Gasteiger charge is -2.36. The first-order valence-corrected chi connectivity index (χ1v) is 7.25. The fourth-order valence-electron chi connectivity index (χ4n) is 2.58. The summed E-state index contributed by atoms with van der Waals surface area (Å²) in [6, 6.07) is -0.251. The zero-order valence-corrected chi connectivity index (χ0v) is 12.2. The number of urea groups is 1. The minimum Gasteiger partial charge on any atom is -0.480 e. The van der Waals surface area contributed by atoms with E-state index in [1.165, 1.54) is 0 Å². The number of aliphatic carboxylic acids is 1. The smallest absolute Gasteiger partial charge is 0.329 e. The normalized spacial score (nSPS) is 27.1. The van der Waals surface area contributed by atoms with Gasteiger partial charge in [0.05, 0.1) is 0 Å². The van der Waals surface area contributed by atoms with Crippen LogP contribution in [0.3, 0.4) is 0 Å². The van der Waals surface area contributed by atoms with Crippen LogP contribution in [0.5, 0.6) is 0 Å². The highest BCUT2D eigenvalue weighted by Gasteiger charge is 2.42. The first-order valence-electron chi connectivity index (χ1n) is 7.25. The van der Waals surface area contributed by atoms with Gasteiger partial charge in [-0.1, -0.05) is 20.8 Å². The molecule has 1 saturated carbocycles. The third kappa shape index (κ3) is 4.11. The Hall–Kier alpha value is -1.26. The van der Waals surface area contributed by atoms with Crippen LogP contribution < -0.4 is 10.6 Å². The van der Waals surface area contributed by atoms with Gasteiger partial charge in [-0.05, 0) is 44.4 Å². The molecule has 1 fully saturated rings. The molecule has 19 heavy (non-hydrogen) atoms. The van der Waals surface area contributed by atoms with E-state index in [1.54, 1.807) is 0 Å². The van der Waals surface area contributed by atoms with Crippen LogP contribution in [0.1, 0.15) is 59.3 Å². The Morgan fingerprint density at radius 1 is 1.26 bits per heavy atom. The molecule has 1 rings (SSSR count). The Morgan fingerprint density at radius 2 is 1.79 bits per heavy atom. The van der Waals surface area contributed by atoms with Crippen LogP contribution in [-0.2, 0) is 4.79 Å². The van der Waals surface area contributed by atoms with Gasteiger partial charge in [-0.3, -0.25) is 0 Å². The van der Waals surface area contributed by atoms with Crippen LogP contribution in [-0.4, -0.2) is 28.7 Å². The van der Waals surface area contributed by atoms with Crippen molar-refractivity contribution in [3.63, 3.8) is 0 Å². The van der Waals surface area contributed by atoms with Crippen molar-refractivity contribution in [2.24, 2.45) is 5.92 Å². The number of hydrogen-bond acceptors (Lipinski definition) is 2. The molecule has 1 aliphatic rings. The molecule has 0 bridgehead atoms. The van der Waals surface area contributed by atoms with Gasteiger partial charge in [0.1, 0.15) is 5.54 Å². The topological polar surface area (TPSA) is 78.4 Å². The van der Waals surface area contributed by atoms with Crippen molar-refractivity contribution in [2.45, 2.75) is 70.9 Å². The summed E-state index contributed by atoms with van der Waals surface area (Å²) in [4.78, 5) is 23.4. The van der Waals surface area contributed by atoms with Gasteiger partial charge in [0.2, 0.25) is 0 Å². The highest BCUT2D eigenvalue weighted by molar-refractivity contribution is 5.86. The lowest BCUT2D eigenvalue weighted by molar-refractivity contribution is -0.146. The minimum absolute atomic E-state index is 0.105. The number of hydrogen-bond donors (Lipinski definition) is 3. The first-order chi connectivity index (χ1) is 8.93. The standard InChI is InChI=1S/C14H26N2O3/c1-4-11(5-2)15-13(19)16-14(12(17)18)8-6-10(3)7-9-14/h10-11H,4-9H2,1-3H3,(H,17,18)(H2,15,16,19). The molecule has 0 unspecified atom stereocenters. The molecule has 0 saturated heterocycles. The molecule has 0 spiro atoms. The lowest BCUT2D eigenvalue weighted by atomic mass is 9.77. The van der Waals surface area contributed by atoms with E-state index in [0.29, 0.717) is 18.8 Å². The van der Waals surface area contributed by atoms with Gasteiger partial charge >= 0.3 is 12.0 Å². The molecule has 0 aliphatic heterocycles. The lowest BCUT2D eigenvalue weighted by Crippen LogP contribution is -2.59. The second kappa shape index (κ2) is 6.78. The second-order valence-corrected chi connectivity index (χ2v) is 5.68. The molecule has 5 heteroatoms. The minimum atomic E-state index is -1.08. The predicted molar refractivity (Wildman–Crippen MR) is 74.0 cm³/mol. The van der Waals surface area contributed by atoms with E-state index in [9.17, 15) is 14.7 Å². The number of nitrogens with one attached hydrogen (secondary N) is 2. The summed E-state index contributed by atoms with van der Waals surface area (Å²) in [5.74, 6) is -0.379. The van der Waals surface area contributed by atoms with E-state index in [-0.39, 0.29) is 12.1 Å². The van der Waals surface area contributed by atoms with E-state index in [2.05, 4.69) is 17.6 Å². The zero-order chi connectivity index (χ0) is 14.5. The molecule has 0 radical (unpaired) electrons. The van der Waals surface area contributed by atoms with Crippen molar-refractivity contribution in [1.82, 2.24) is 10.6 Å². The van der Waals surface area contributed by atoms with Crippen molar-refractivity contribution in [3.05, 3.63) is 0 Å². The predicted octanol–water partition coefficient (Wildman–Crippen LogP) is 2.51. The molecule has 1 aliphatic carbocycles. The van der Waals surface area contributed by atoms with Crippen LogP contribution in [0, 0.1) is 5.92 Å². The van der Waals surface area contributed by atoms with Crippen molar-refractivity contribution >= 4 is 12.0 Å². The number of amides is 2. The molecule has 2 amide bonds. The van der Waals surface area contributed by atoms with Crippen LogP contribution in [0.15, 0.2) is 0 Å². The molecule has 0 heterocycles. The van der Waals surface area contributed by atoms with Crippen LogP contribution >= 0.6 is 0 Å². The maximum atomic E-state index is 11.9. The first kappa shape index (κ1) is 15.8. The average Bonchev–Trinajstić information content (AvgIpc) is 2.38. The van der Waals surface area contributed by atoms with Crippen molar-refractivity contribution in [1.29, 1.82) is 0 Å². The Balaban J connectivity index is 2.64. The summed E-state index contributed by atoms with van der Waals surface area (Å²) in [5.41, 5.74) is -1.08. The average molecular weight is 270 g/mol. The number of carbonyl (C=O) groups is 2. The Labute approximate surface area is 115 Å². The van der Waals surface area contributed by atoms with Gasteiger partial charge in [0.25, 0.3) is 0 Å². The summed E-state index contributed by atoms with van der Waals surface area (Å²) >= 11 is 0. The summed E-state index contributed by atoms with van der Waals surface area (Å²) < 4.78 is 0. The van der Waals surface area contributed by atoms with Crippen molar-refractivity contribution in [2.75, 3.05) is 0 Å². The monoisotopic (exact) mass is 270 g/mol. The van der Waals surface area contributed by atoms with Gasteiger partial charge < -0.3 is 15.7 Å². The maximum Gasteiger partial charge on any atom is 0.329 e. The number of rotatable bonds is 5. The molecule has 0 aromatic rings. The largest absolute Gasteiger partial charge is 0.480 e. The molecule has 0 aromatic carbocycles. The summed E-state index contributed by atoms with van der Waals surface area (Å²) in [6.07, 6.45) is 4.41. The summed E-state index contributed by atoms with van der Waals surface area (Å²) in [5, 5.41) is 15.0. The van der Waals surface area contributed by atoms with E-state index in [4.69, 9.17) is 0 Å². The SMILES string of the molecule is CCC(CC)NC(=O)NC1(C(=O)O)CCC(C)CC1. The molecule has 0 aromatic heterocycles. The number of carboxylic acid groups (broad SMARTS) is 1. The Morgan fingerprint density at radius 3 is 2.21 bits per heavy atom. The highest BCUT2D eigenvalue weighted by atomic mass is 16.4. The van der Waals surface area contributed by atoms with Gasteiger partial charge in [-0.2, -0.15) is 0 Å². The van der Waals surface area contributed by atoms with Gasteiger partial charge in [0.15, 0.2) is 0 Å². The number of carbonyl (C=O) groups excluding carboxylic acids is 1. The molecular weight excluding hydrogens is 244 g/mol. The zero-order valence-electron chi connectivity index (χ0n) is 12.2. The Kier molecular flexibility index (Phi) is 5.63. The summed E-state index contributed by atoms with van der Waals surface area (Å²) in [6.45, 7) is 6.13. The van der Waals surface area contributed by atoms with Crippen LogP contribution in [0.4, 0.5) is 4.79 Å². The molecule has 3 N–H and O–H groups in total. The molecular formula is C14H26N2O3. The fraction of sp³-hybridized carbons (Fsp3) is 0.857. The van der Waals surface area contributed by atoms with E-state index >= 15 is 0 Å². The van der Waals surface area contributed by atoms with E-state index in [0.717, 1.165) is 25.7 Å². The van der Waals surface area contributed by atoms with Crippen molar-refractivity contribution in [3.8, 4) is 0 Å². The molecule has 0 atom stereocenters. The molecule has 110 valence electrons. The van der Waals surface area contributed by atoms with Gasteiger partial charge in [-0.15, -0.1) is 0 Å². The van der Waals surface area contributed by atoms with Gasteiger partial charge in [0, 0.05) is 6.04 Å². The van der Waals surface area contributed by atoms with Crippen molar-refractivity contribution < 1.29 is 14.7 Å². The second-order valence-electron chi connectivity index (χ2n) is 5.68. The fourth-order valence-corrected chi connectivity index (χ4v) is 2.58.